The van der Waals surface area contributed by atoms with Crippen molar-refractivity contribution < 1.29 is 40.6 Å². The maximum absolute atomic E-state index is 13.5. The van der Waals surface area contributed by atoms with Gasteiger partial charge in [0.25, 0.3) is 10.0 Å². The van der Waals surface area contributed by atoms with Crippen molar-refractivity contribution in [1.82, 2.24) is 0 Å². The molecule has 0 unspecified atom stereocenters. The summed E-state index contributed by atoms with van der Waals surface area (Å²) in [6.07, 6.45) is -2.30. The summed E-state index contributed by atoms with van der Waals surface area (Å²) < 4.78 is 79.5. The molecule has 0 spiro atoms. The van der Waals surface area contributed by atoms with Gasteiger partial charge in [0.1, 0.15) is 18.1 Å². The summed E-state index contributed by atoms with van der Waals surface area (Å²) in [5, 5.41) is 8.40. The van der Waals surface area contributed by atoms with E-state index in [1.165, 1.54) is 18.2 Å². The molecule has 0 bridgehead atoms. The third-order valence-corrected chi connectivity index (χ3v) is 6.79. The standard InChI is InChI=1S/C26H26F3NO6S/c1-17(2)15-30(37(33,34)25-13-4-18(3)36-25)22-11-10-21(26(27,28)29)14-23(22)35-16-20-7-5-19(6-8-20)9-12-24(31)32/h4-14,17H,15-16H2,1-3H3,(H,31,32). The highest BCUT2D eigenvalue weighted by Gasteiger charge is 2.35. The molecule has 1 heterocycles. The number of anilines is 1. The lowest BCUT2D eigenvalue weighted by atomic mass is 10.1. The molecule has 3 rings (SSSR count). The van der Waals surface area contributed by atoms with Gasteiger partial charge in [0.2, 0.25) is 5.09 Å². The first-order valence-electron chi connectivity index (χ1n) is 11.2. The number of hydrogen-bond acceptors (Lipinski definition) is 5. The van der Waals surface area contributed by atoms with Crippen LogP contribution in [0.5, 0.6) is 5.75 Å². The Kier molecular flexibility index (Phi) is 8.37. The van der Waals surface area contributed by atoms with E-state index < -0.39 is 27.7 Å². The molecule has 0 saturated heterocycles. The molecule has 0 atom stereocenters. The number of sulfonamides is 1. The Labute approximate surface area is 212 Å². The van der Waals surface area contributed by atoms with Crippen LogP contribution in [0.25, 0.3) is 6.08 Å². The predicted molar refractivity (Wildman–Crippen MR) is 132 cm³/mol. The van der Waals surface area contributed by atoms with Crippen molar-refractivity contribution in [2.45, 2.75) is 38.6 Å². The Morgan fingerprint density at radius 1 is 1.11 bits per heavy atom. The van der Waals surface area contributed by atoms with Gasteiger partial charge in [0, 0.05) is 12.6 Å². The first kappa shape index (κ1) is 27.9. The van der Waals surface area contributed by atoms with Crippen molar-refractivity contribution in [3.05, 3.63) is 83.1 Å². The highest BCUT2D eigenvalue weighted by Crippen LogP contribution is 2.39. The highest BCUT2D eigenvalue weighted by atomic mass is 32.2. The van der Waals surface area contributed by atoms with E-state index in [2.05, 4.69) is 0 Å². The Bertz CT molecular complexity index is 1380. The molecule has 3 aromatic rings. The molecule has 1 N–H and O–H groups in total. The molecule has 0 fully saturated rings. The number of aryl methyl sites for hydroxylation is 1. The average Bonchev–Trinajstić information content (AvgIpc) is 3.27. The molecule has 0 aliphatic carbocycles. The summed E-state index contributed by atoms with van der Waals surface area (Å²) in [6.45, 7) is 4.95. The molecule has 37 heavy (non-hydrogen) atoms. The summed E-state index contributed by atoms with van der Waals surface area (Å²) in [7, 11) is -4.25. The van der Waals surface area contributed by atoms with E-state index in [0.717, 1.165) is 28.6 Å². The van der Waals surface area contributed by atoms with E-state index in [1.807, 2.05) is 0 Å². The minimum atomic E-state index is -4.67. The monoisotopic (exact) mass is 537 g/mol. The van der Waals surface area contributed by atoms with Gasteiger partial charge in [0.15, 0.2) is 0 Å². The molecule has 1 aromatic heterocycles. The van der Waals surface area contributed by atoms with Gasteiger partial charge in [-0.3, -0.25) is 4.31 Å². The molecule has 11 heteroatoms. The van der Waals surface area contributed by atoms with Gasteiger partial charge in [-0.05, 0) is 60.4 Å². The predicted octanol–water partition coefficient (Wildman–Crippen LogP) is 6.13. The van der Waals surface area contributed by atoms with Crippen LogP contribution < -0.4 is 9.04 Å². The van der Waals surface area contributed by atoms with Crippen molar-refractivity contribution >= 4 is 27.8 Å². The zero-order valence-corrected chi connectivity index (χ0v) is 21.1. The van der Waals surface area contributed by atoms with E-state index in [9.17, 15) is 26.4 Å². The van der Waals surface area contributed by atoms with E-state index in [1.54, 1.807) is 45.0 Å². The summed E-state index contributed by atoms with van der Waals surface area (Å²) in [6, 6.07) is 11.9. The van der Waals surface area contributed by atoms with E-state index in [4.69, 9.17) is 14.3 Å². The minimum absolute atomic E-state index is 0.0333. The number of nitrogens with zero attached hydrogens (tertiary/aromatic N) is 1. The van der Waals surface area contributed by atoms with Crippen LogP contribution in [0.15, 0.2) is 70.2 Å². The number of carboxylic acid groups (broad SMARTS) is 1. The van der Waals surface area contributed by atoms with Crippen LogP contribution in [0.4, 0.5) is 18.9 Å². The fraction of sp³-hybridized carbons (Fsp3) is 0.269. The highest BCUT2D eigenvalue weighted by molar-refractivity contribution is 7.92. The number of halogens is 3. The van der Waals surface area contributed by atoms with Crippen molar-refractivity contribution in [2.24, 2.45) is 5.92 Å². The lowest BCUT2D eigenvalue weighted by Crippen LogP contribution is -2.34. The number of furan rings is 1. The maximum atomic E-state index is 13.5. The van der Waals surface area contributed by atoms with Gasteiger partial charge < -0.3 is 14.3 Å². The molecule has 0 aliphatic rings. The van der Waals surface area contributed by atoms with Gasteiger partial charge in [-0.2, -0.15) is 21.6 Å². The third-order valence-electron chi connectivity index (χ3n) is 5.14. The average molecular weight is 538 g/mol. The normalized spacial score (nSPS) is 12.3. The SMILES string of the molecule is Cc1ccc(S(=O)(=O)N(CC(C)C)c2ccc(C(F)(F)F)cc2OCc2ccc(C=CC(=O)O)cc2)o1. The summed E-state index contributed by atoms with van der Waals surface area (Å²) in [5.74, 6) is -1.17. The first-order chi connectivity index (χ1) is 17.3. The smallest absolute Gasteiger partial charge is 0.416 e. The van der Waals surface area contributed by atoms with E-state index in [0.29, 0.717) is 16.9 Å². The number of hydrogen-bond donors (Lipinski definition) is 1. The van der Waals surface area contributed by atoms with Crippen LogP contribution in [-0.4, -0.2) is 26.0 Å². The summed E-state index contributed by atoms with van der Waals surface area (Å²) >= 11 is 0. The third kappa shape index (κ3) is 7.16. The molecule has 198 valence electrons. The Morgan fingerprint density at radius 2 is 1.78 bits per heavy atom. The van der Waals surface area contributed by atoms with Crippen molar-refractivity contribution in [3.63, 3.8) is 0 Å². The van der Waals surface area contributed by atoms with Crippen LogP contribution in [0.2, 0.25) is 0 Å². The molecular weight excluding hydrogens is 511 g/mol. The molecule has 2 aromatic carbocycles. The van der Waals surface area contributed by atoms with Crippen molar-refractivity contribution in [3.8, 4) is 5.75 Å². The lowest BCUT2D eigenvalue weighted by molar-refractivity contribution is -0.137. The van der Waals surface area contributed by atoms with Gasteiger partial charge in [-0.25, -0.2) is 4.79 Å². The molecule has 0 radical (unpaired) electrons. The lowest BCUT2D eigenvalue weighted by Gasteiger charge is -2.27. The summed E-state index contributed by atoms with van der Waals surface area (Å²) in [5.41, 5.74) is 0.137. The molecule has 0 amide bonds. The van der Waals surface area contributed by atoms with Gasteiger partial charge in [0.05, 0.1) is 11.3 Å². The first-order valence-corrected chi connectivity index (χ1v) is 12.6. The van der Waals surface area contributed by atoms with Crippen LogP contribution in [-0.2, 0) is 27.6 Å². The Balaban J connectivity index is 2.01. The number of alkyl halides is 3. The fourth-order valence-electron chi connectivity index (χ4n) is 3.38. The van der Waals surface area contributed by atoms with Crippen LogP contribution in [0.1, 0.15) is 36.3 Å². The van der Waals surface area contributed by atoms with Gasteiger partial charge >= 0.3 is 12.1 Å². The number of benzene rings is 2. The van der Waals surface area contributed by atoms with Crippen LogP contribution >= 0.6 is 0 Å². The Hall–Kier alpha value is -3.73. The zero-order valence-electron chi connectivity index (χ0n) is 20.3. The van der Waals surface area contributed by atoms with Gasteiger partial charge in [-0.15, -0.1) is 0 Å². The molecule has 0 aliphatic heterocycles. The largest absolute Gasteiger partial charge is 0.487 e. The zero-order chi connectivity index (χ0) is 27.4. The number of carboxylic acids is 1. The molecule has 0 saturated carbocycles. The van der Waals surface area contributed by atoms with Crippen molar-refractivity contribution in [2.75, 3.05) is 10.8 Å². The number of carbonyl (C=O) groups is 1. The molecule has 7 nitrogen and oxygen atoms in total. The topological polar surface area (TPSA) is 97.0 Å². The Morgan fingerprint density at radius 3 is 2.32 bits per heavy atom. The molecular formula is C26H26F3NO6S. The number of ether oxygens (including phenoxy) is 1. The number of rotatable bonds is 10. The summed E-state index contributed by atoms with van der Waals surface area (Å²) in [4.78, 5) is 10.7. The second-order valence-electron chi connectivity index (χ2n) is 8.68. The van der Waals surface area contributed by atoms with E-state index >= 15 is 0 Å². The second kappa shape index (κ2) is 11.1. The maximum Gasteiger partial charge on any atom is 0.416 e. The van der Waals surface area contributed by atoms with Crippen LogP contribution in [0, 0.1) is 12.8 Å². The fourth-order valence-corrected chi connectivity index (χ4v) is 4.98. The minimum Gasteiger partial charge on any atom is -0.487 e. The van der Waals surface area contributed by atoms with Crippen molar-refractivity contribution in [1.29, 1.82) is 0 Å². The number of aliphatic carboxylic acids is 1. The van der Waals surface area contributed by atoms with Gasteiger partial charge in [-0.1, -0.05) is 38.1 Å². The van der Waals surface area contributed by atoms with Crippen LogP contribution in [0.3, 0.4) is 0 Å². The second-order valence-corrected chi connectivity index (χ2v) is 10.5. The quantitative estimate of drug-likeness (QED) is 0.312. The van der Waals surface area contributed by atoms with E-state index in [-0.39, 0.29) is 35.6 Å².